The fourth-order valence-electron chi connectivity index (χ4n) is 2.50. The van der Waals surface area contributed by atoms with E-state index in [-0.39, 0.29) is 0 Å². The first-order valence-corrected chi connectivity index (χ1v) is 11.1. The van der Waals surface area contributed by atoms with Gasteiger partial charge in [0.2, 0.25) is 0 Å². The molecule has 0 aliphatic heterocycles. The van der Waals surface area contributed by atoms with E-state index in [1.54, 1.807) is 6.08 Å². The Balaban J connectivity index is 0. The van der Waals surface area contributed by atoms with Crippen LogP contribution in [0.1, 0.15) is 105 Å². The second-order valence-corrected chi connectivity index (χ2v) is 7.12. The molecule has 1 fully saturated rings. The molecule has 0 heteroatoms. The average molecular weight is 383 g/mol. The van der Waals surface area contributed by atoms with E-state index in [4.69, 9.17) is 0 Å². The Kier molecular flexibility index (Phi) is 18.8. The summed E-state index contributed by atoms with van der Waals surface area (Å²) in [5.74, 6) is 0.871. The minimum atomic E-state index is 0.871. The van der Waals surface area contributed by atoms with Gasteiger partial charge in [-0.1, -0.05) is 94.3 Å². The third kappa shape index (κ3) is 14.3. The van der Waals surface area contributed by atoms with Crippen molar-refractivity contribution in [3.8, 4) is 0 Å². The third-order valence-corrected chi connectivity index (χ3v) is 4.57. The van der Waals surface area contributed by atoms with E-state index in [0.29, 0.717) is 0 Å². The lowest BCUT2D eigenvalue weighted by Crippen LogP contribution is -1.86. The first-order valence-electron chi connectivity index (χ1n) is 11.1. The minimum absolute atomic E-state index is 0.871. The van der Waals surface area contributed by atoms with Crippen molar-refractivity contribution >= 4 is 5.57 Å². The molecule has 1 aromatic carbocycles. The molecule has 2 rings (SSSR count). The molecule has 1 aliphatic rings. The van der Waals surface area contributed by atoms with Gasteiger partial charge in [0.1, 0.15) is 0 Å². The SMILES string of the molecule is C=C(C)CCC.C=C/C=C\C.CC.CC/C(C)=C(/C)c1ccc(C2CC2)cc1. The van der Waals surface area contributed by atoms with Crippen molar-refractivity contribution in [1.82, 2.24) is 0 Å². The first-order chi connectivity index (χ1) is 13.4. The lowest BCUT2D eigenvalue weighted by atomic mass is 9.99. The Bertz CT molecular complexity index is 577. The van der Waals surface area contributed by atoms with Crippen LogP contribution in [0.2, 0.25) is 0 Å². The molecule has 0 bridgehead atoms. The van der Waals surface area contributed by atoms with E-state index in [1.807, 2.05) is 32.9 Å². The monoisotopic (exact) mass is 382 g/mol. The molecule has 0 spiro atoms. The van der Waals surface area contributed by atoms with Crippen LogP contribution in [-0.4, -0.2) is 0 Å². The summed E-state index contributed by atoms with van der Waals surface area (Å²) in [4.78, 5) is 0. The molecule has 1 saturated carbocycles. The van der Waals surface area contributed by atoms with Crippen LogP contribution >= 0.6 is 0 Å². The Morgan fingerprint density at radius 2 is 1.57 bits per heavy atom. The zero-order valence-corrected chi connectivity index (χ0v) is 20.1. The largest absolute Gasteiger partial charge is 0.100 e. The van der Waals surface area contributed by atoms with Crippen molar-refractivity contribution in [3.63, 3.8) is 0 Å². The summed E-state index contributed by atoms with van der Waals surface area (Å²) >= 11 is 0. The summed E-state index contributed by atoms with van der Waals surface area (Å²) in [7, 11) is 0. The van der Waals surface area contributed by atoms with Crippen LogP contribution in [0.5, 0.6) is 0 Å². The molecule has 0 aromatic heterocycles. The highest BCUT2D eigenvalue weighted by Crippen LogP contribution is 2.40. The smallest absolute Gasteiger partial charge is 0.0162 e. The molecule has 1 aliphatic carbocycles. The third-order valence-electron chi connectivity index (χ3n) is 4.57. The van der Waals surface area contributed by atoms with Gasteiger partial charge in [0, 0.05) is 0 Å². The highest BCUT2D eigenvalue weighted by atomic mass is 14.3. The van der Waals surface area contributed by atoms with Crippen LogP contribution in [0.4, 0.5) is 0 Å². The van der Waals surface area contributed by atoms with E-state index in [1.165, 1.54) is 53.5 Å². The molecule has 28 heavy (non-hydrogen) atoms. The minimum Gasteiger partial charge on any atom is -0.100 e. The maximum atomic E-state index is 3.74. The first kappa shape index (κ1) is 28.4. The van der Waals surface area contributed by atoms with Crippen LogP contribution in [0.25, 0.3) is 5.57 Å². The number of benzene rings is 1. The van der Waals surface area contributed by atoms with Crippen LogP contribution in [0, 0.1) is 0 Å². The standard InChI is InChI=1S/C15H20.C6H12.C5H8.C2H6/c1-4-11(2)12(3)13-5-7-14(8-6-13)15-9-10-15;1-4-5-6(2)3;1-3-5-4-2;1-2/h5-8,15H,4,9-10H2,1-3H3;2,4-5H2,1,3H3;3-5H,1H2,2H3;1-2H3/b12-11-;;5-4-;. The summed E-state index contributed by atoms with van der Waals surface area (Å²) in [6, 6.07) is 9.17. The number of hydrogen-bond acceptors (Lipinski definition) is 0. The lowest BCUT2D eigenvalue weighted by Gasteiger charge is -2.07. The van der Waals surface area contributed by atoms with E-state index >= 15 is 0 Å². The van der Waals surface area contributed by atoms with Gasteiger partial charge in [-0.15, -0.1) is 6.58 Å². The highest BCUT2D eigenvalue weighted by Gasteiger charge is 2.22. The Morgan fingerprint density at radius 1 is 1.04 bits per heavy atom. The second-order valence-electron chi connectivity index (χ2n) is 7.12. The van der Waals surface area contributed by atoms with Crippen molar-refractivity contribution in [2.24, 2.45) is 0 Å². The van der Waals surface area contributed by atoms with Gasteiger partial charge in [0.05, 0.1) is 0 Å². The molecule has 0 radical (unpaired) electrons. The topological polar surface area (TPSA) is 0 Å². The molecule has 0 heterocycles. The summed E-state index contributed by atoms with van der Waals surface area (Å²) in [5, 5.41) is 0. The van der Waals surface area contributed by atoms with Crippen LogP contribution in [0.15, 0.2) is 66.8 Å². The normalized spacial score (nSPS) is 13.0. The van der Waals surface area contributed by atoms with E-state index in [9.17, 15) is 0 Å². The van der Waals surface area contributed by atoms with Gasteiger partial charge in [-0.3, -0.25) is 0 Å². The Morgan fingerprint density at radius 3 is 1.82 bits per heavy atom. The quantitative estimate of drug-likeness (QED) is 0.339. The molecule has 1 aromatic rings. The molecule has 0 nitrogen and oxygen atoms in total. The number of rotatable bonds is 6. The van der Waals surface area contributed by atoms with Gasteiger partial charge < -0.3 is 0 Å². The maximum absolute atomic E-state index is 3.74. The molecule has 0 saturated heterocycles. The average Bonchev–Trinajstić information content (AvgIpc) is 3.55. The summed E-state index contributed by atoms with van der Waals surface area (Å²) < 4.78 is 0. The van der Waals surface area contributed by atoms with Crippen molar-refractivity contribution < 1.29 is 0 Å². The van der Waals surface area contributed by atoms with Gasteiger partial charge in [-0.25, -0.2) is 0 Å². The summed E-state index contributed by atoms with van der Waals surface area (Å²) in [5.41, 5.74) is 7.14. The molecule has 0 unspecified atom stereocenters. The molecule has 0 atom stereocenters. The van der Waals surface area contributed by atoms with Crippen molar-refractivity contribution in [3.05, 3.63) is 77.9 Å². The Hall–Kier alpha value is -1.82. The van der Waals surface area contributed by atoms with Crippen molar-refractivity contribution in [1.29, 1.82) is 0 Å². The zero-order chi connectivity index (χ0) is 21.9. The van der Waals surface area contributed by atoms with Crippen LogP contribution in [0.3, 0.4) is 0 Å². The fourth-order valence-corrected chi connectivity index (χ4v) is 2.50. The predicted octanol–water partition coefficient (Wildman–Crippen LogP) is 9.90. The molecular formula is C28H46. The molecular weight excluding hydrogens is 336 g/mol. The zero-order valence-electron chi connectivity index (χ0n) is 20.1. The van der Waals surface area contributed by atoms with E-state index in [0.717, 1.165) is 12.3 Å². The van der Waals surface area contributed by atoms with E-state index < -0.39 is 0 Å². The summed E-state index contributed by atoms with van der Waals surface area (Å²) in [6.07, 6.45) is 11.9. The van der Waals surface area contributed by atoms with Gasteiger partial charge in [-0.05, 0) is 76.0 Å². The molecule has 0 amide bonds. The fraction of sp³-hybridized carbons (Fsp3) is 0.500. The van der Waals surface area contributed by atoms with Crippen LogP contribution < -0.4 is 0 Å². The van der Waals surface area contributed by atoms with Crippen molar-refractivity contribution in [2.75, 3.05) is 0 Å². The summed E-state index contributed by atoms with van der Waals surface area (Å²) in [6.45, 7) is 24.1. The number of hydrogen-bond donors (Lipinski definition) is 0. The lowest BCUT2D eigenvalue weighted by molar-refractivity contribution is 0.910. The highest BCUT2D eigenvalue weighted by molar-refractivity contribution is 5.66. The van der Waals surface area contributed by atoms with Gasteiger partial charge in [0.15, 0.2) is 0 Å². The molecule has 158 valence electrons. The van der Waals surface area contributed by atoms with E-state index in [2.05, 4.69) is 72.0 Å². The van der Waals surface area contributed by atoms with Crippen molar-refractivity contribution in [2.45, 2.75) is 93.4 Å². The number of allylic oxidation sites excluding steroid dienone is 6. The maximum Gasteiger partial charge on any atom is -0.0162 e. The molecule has 0 N–H and O–H groups in total. The van der Waals surface area contributed by atoms with Gasteiger partial charge in [-0.2, -0.15) is 0 Å². The van der Waals surface area contributed by atoms with Gasteiger partial charge in [0.25, 0.3) is 0 Å². The van der Waals surface area contributed by atoms with Gasteiger partial charge >= 0.3 is 0 Å². The predicted molar refractivity (Wildman–Crippen MR) is 133 cm³/mol. The Labute approximate surface area is 177 Å². The van der Waals surface area contributed by atoms with Crippen LogP contribution in [-0.2, 0) is 0 Å². The second kappa shape index (κ2) is 18.5.